The number of nitrogens with zero attached hydrogens (tertiary/aromatic N) is 2. The zero-order chi connectivity index (χ0) is 12.7. The molecule has 17 heavy (non-hydrogen) atoms. The number of aryl methyl sites for hydroxylation is 1. The van der Waals surface area contributed by atoms with Gasteiger partial charge >= 0.3 is 0 Å². The van der Waals surface area contributed by atoms with Gasteiger partial charge in [-0.15, -0.1) is 0 Å². The summed E-state index contributed by atoms with van der Waals surface area (Å²) in [5.41, 5.74) is 8.22. The van der Waals surface area contributed by atoms with Gasteiger partial charge in [-0.1, -0.05) is 38.1 Å². The molecule has 1 aromatic rings. The van der Waals surface area contributed by atoms with Crippen molar-refractivity contribution in [2.45, 2.75) is 20.8 Å². The normalized spacial score (nSPS) is 12.1. The molecule has 0 aliphatic rings. The third-order valence-corrected chi connectivity index (χ3v) is 3.01. The summed E-state index contributed by atoms with van der Waals surface area (Å²) < 4.78 is 0. The van der Waals surface area contributed by atoms with E-state index in [1.54, 1.807) is 0 Å². The largest absolute Gasteiger partial charge is 0.383 e. The minimum absolute atomic E-state index is 0.648. The van der Waals surface area contributed by atoms with E-state index in [0.717, 1.165) is 31.7 Å². The first-order chi connectivity index (χ1) is 8.19. The van der Waals surface area contributed by atoms with Crippen LogP contribution in [0.25, 0.3) is 0 Å². The van der Waals surface area contributed by atoms with Crippen LogP contribution in [0.4, 0.5) is 0 Å². The van der Waals surface area contributed by atoms with Crippen molar-refractivity contribution in [2.75, 3.05) is 26.2 Å². The van der Waals surface area contributed by atoms with E-state index in [9.17, 15) is 0 Å². The van der Waals surface area contributed by atoms with Crippen LogP contribution in [0.2, 0.25) is 0 Å². The van der Waals surface area contributed by atoms with Crippen LogP contribution in [0, 0.1) is 6.92 Å². The monoisotopic (exact) mass is 233 g/mol. The van der Waals surface area contributed by atoms with Gasteiger partial charge in [-0.3, -0.25) is 4.99 Å². The van der Waals surface area contributed by atoms with Crippen LogP contribution < -0.4 is 5.73 Å². The van der Waals surface area contributed by atoms with Gasteiger partial charge in [-0.2, -0.15) is 0 Å². The number of amidine groups is 1. The molecule has 94 valence electrons. The Morgan fingerprint density at radius 2 is 1.88 bits per heavy atom. The highest BCUT2D eigenvalue weighted by Crippen LogP contribution is 2.06. The van der Waals surface area contributed by atoms with E-state index in [1.165, 1.54) is 5.56 Å². The van der Waals surface area contributed by atoms with E-state index in [-0.39, 0.29) is 0 Å². The van der Waals surface area contributed by atoms with Crippen molar-refractivity contribution in [1.29, 1.82) is 0 Å². The molecular formula is C14H23N3. The summed E-state index contributed by atoms with van der Waals surface area (Å²) in [6.45, 7) is 10.3. The standard InChI is InChI=1S/C14H23N3/c1-4-17(5-2)11-10-16-14(15)13-9-7-6-8-12(13)3/h6-9H,4-5,10-11H2,1-3H3,(H2,15,16). The summed E-state index contributed by atoms with van der Waals surface area (Å²) in [6.07, 6.45) is 0. The molecule has 0 bridgehead atoms. The second kappa shape index (κ2) is 7.07. The molecule has 0 heterocycles. The summed E-state index contributed by atoms with van der Waals surface area (Å²) in [5.74, 6) is 0.648. The lowest BCUT2D eigenvalue weighted by molar-refractivity contribution is 0.313. The first kappa shape index (κ1) is 13.7. The summed E-state index contributed by atoms with van der Waals surface area (Å²) in [4.78, 5) is 6.79. The van der Waals surface area contributed by atoms with Gasteiger partial charge < -0.3 is 10.6 Å². The Morgan fingerprint density at radius 1 is 1.24 bits per heavy atom. The molecule has 0 atom stereocenters. The van der Waals surface area contributed by atoms with Gasteiger partial charge in [-0.25, -0.2) is 0 Å². The average Bonchev–Trinajstić information content (AvgIpc) is 2.35. The summed E-state index contributed by atoms with van der Waals surface area (Å²) in [5, 5.41) is 0. The molecule has 0 radical (unpaired) electrons. The molecule has 1 aromatic carbocycles. The highest BCUT2D eigenvalue weighted by molar-refractivity contribution is 5.98. The van der Waals surface area contributed by atoms with Crippen LogP contribution in [-0.4, -0.2) is 36.9 Å². The summed E-state index contributed by atoms with van der Waals surface area (Å²) in [7, 11) is 0. The fourth-order valence-electron chi connectivity index (χ4n) is 1.80. The Morgan fingerprint density at radius 3 is 2.47 bits per heavy atom. The van der Waals surface area contributed by atoms with Crippen molar-refractivity contribution in [3.8, 4) is 0 Å². The van der Waals surface area contributed by atoms with E-state index in [0.29, 0.717) is 5.84 Å². The van der Waals surface area contributed by atoms with Gasteiger partial charge in [0, 0.05) is 12.1 Å². The fraction of sp³-hybridized carbons (Fsp3) is 0.500. The number of aliphatic imine (C=N–C) groups is 1. The van der Waals surface area contributed by atoms with Crippen LogP contribution in [0.15, 0.2) is 29.3 Å². The second-order valence-electron chi connectivity index (χ2n) is 4.11. The number of hydrogen-bond donors (Lipinski definition) is 1. The third kappa shape index (κ3) is 4.19. The number of likely N-dealkylation sites (N-methyl/N-ethyl adjacent to an activating group) is 1. The molecule has 2 N–H and O–H groups in total. The van der Waals surface area contributed by atoms with Crippen molar-refractivity contribution >= 4 is 5.84 Å². The van der Waals surface area contributed by atoms with Crippen LogP contribution in [0.5, 0.6) is 0 Å². The Balaban J connectivity index is 2.58. The summed E-state index contributed by atoms with van der Waals surface area (Å²) in [6, 6.07) is 8.09. The van der Waals surface area contributed by atoms with Crippen molar-refractivity contribution in [3.05, 3.63) is 35.4 Å². The van der Waals surface area contributed by atoms with Gasteiger partial charge in [0.2, 0.25) is 0 Å². The molecule has 0 saturated heterocycles. The van der Waals surface area contributed by atoms with Crippen LogP contribution >= 0.6 is 0 Å². The Kier molecular flexibility index (Phi) is 5.70. The Hall–Kier alpha value is -1.35. The molecule has 0 amide bonds. The molecule has 0 aliphatic carbocycles. The predicted octanol–water partition coefficient (Wildman–Crippen LogP) is 2.04. The molecule has 3 heteroatoms. The minimum Gasteiger partial charge on any atom is -0.383 e. The molecule has 3 nitrogen and oxygen atoms in total. The highest BCUT2D eigenvalue weighted by atomic mass is 15.1. The summed E-state index contributed by atoms with van der Waals surface area (Å²) >= 11 is 0. The predicted molar refractivity (Wildman–Crippen MR) is 74.6 cm³/mol. The lowest BCUT2D eigenvalue weighted by Gasteiger charge is -2.16. The van der Waals surface area contributed by atoms with Crippen molar-refractivity contribution < 1.29 is 0 Å². The van der Waals surface area contributed by atoms with E-state index >= 15 is 0 Å². The lowest BCUT2D eigenvalue weighted by atomic mass is 10.1. The molecule has 0 aliphatic heterocycles. The molecule has 0 unspecified atom stereocenters. The molecule has 0 spiro atoms. The first-order valence-corrected chi connectivity index (χ1v) is 6.27. The van der Waals surface area contributed by atoms with Crippen LogP contribution in [0.3, 0.4) is 0 Å². The zero-order valence-electron chi connectivity index (χ0n) is 11.1. The quantitative estimate of drug-likeness (QED) is 0.603. The zero-order valence-corrected chi connectivity index (χ0v) is 11.1. The number of hydrogen-bond acceptors (Lipinski definition) is 2. The smallest absolute Gasteiger partial charge is 0.125 e. The molecule has 1 rings (SSSR count). The van der Waals surface area contributed by atoms with Crippen molar-refractivity contribution in [3.63, 3.8) is 0 Å². The molecular weight excluding hydrogens is 210 g/mol. The minimum atomic E-state index is 0.648. The van der Waals surface area contributed by atoms with Gasteiger partial charge in [0.1, 0.15) is 5.84 Å². The van der Waals surface area contributed by atoms with Gasteiger partial charge in [-0.05, 0) is 25.6 Å². The average molecular weight is 233 g/mol. The number of nitrogens with two attached hydrogens (primary N) is 1. The maximum absolute atomic E-state index is 6.00. The Labute approximate surface area is 104 Å². The molecule has 0 aromatic heterocycles. The van der Waals surface area contributed by atoms with E-state index in [1.807, 2.05) is 18.2 Å². The fourth-order valence-corrected chi connectivity index (χ4v) is 1.80. The van der Waals surface area contributed by atoms with Crippen molar-refractivity contribution in [1.82, 2.24) is 4.90 Å². The lowest BCUT2D eigenvalue weighted by Crippen LogP contribution is -2.26. The van der Waals surface area contributed by atoms with E-state index < -0.39 is 0 Å². The molecule has 0 saturated carbocycles. The second-order valence-corrected chi connectivity index (χ2v) is 4.11. The first-order valence-electron chi connectivity index (χ1n) is 6.27. The highest BCUT2D eigenvalue weighted by Gasteiger charge is 2.02. The number of rotatable bonds is 6. The topological polar surface area (TPSA) is 41.6 Å². The van der Waals surface area contributed by atoms with E-state index in [2.05, 4.69) is 36.7 Å². The van der Waals surface area contributed by atoms with Crippen LogP contribution in [0.1, 0.15) is 25.0 Å². The van der Waals surface area contributed by atoms with Crippen molar-refractivity contribution in [2.24, 2.45) is 10.7 Å². The Bertz CT molecular complexity index is 367. The van der Waals surface area contributed by atoms with Gasteiger partial charge in [0.05, 0.1) is 6.54 Å². The van der Waals surface area contributed by atoms with Gasteiger partial charge in [0.25, 0.3) is 0 Å². The third-order valence-electron chi connectivity index (χ3n) is 3.01. The van der Waals surface area contributed by atoms with Crippen LogP contribution in [-0.2, 0) is 0 Å². The maximum Gasteiger partial charge on any atom is 0.125 e. The SMILES string of the molecule is CCN(CC)CCN=C(N)c1ccccc1C. The van der Waals surface area contributed by atoms with E-state index in [4.69, 9.17) is 5.73 Å². The maximum atomic E-state index is 6.00. The van der Waals surface area contributed by atoms with Gasteiger partial charge in [0.15, 0.2) is 0 Å². The number of benzene rings is 1. The molecule has 0 fully saturated rings.